The van der Waals surface area contributed by atoms with Gasteiger partial charge in [-0.05, 0) is 19.1 Å². The highest BCUT2D eigenvalue weighted by Gasteiger charge is 2.08. The van der Waals surface area contributed by atoms with Gasteiger partial charge in [0.15, 0.2) is 11.5 Å². The number of nitrogens with zero attached hydrogens (tertiary/aromatic N) is 3. The number of rotatable bonds is 6. The monoisotopic (exact) mass is 267 g/mol. The molecule has 1 rings (SSSR count). The van der Waals surface area contributed by atoms with Crippen molar-refractivity contribution in [2.24, 2.45) is 5.73 Å². The molecular formula is C11H17N5OS. The van der Waals surface area contributed by atoms with E-state index in [9.17, 15) is 4.79 Å². The van der Waals surface area contributed by atoms with Gasteiger partial charge in [-0.1, -0.05) is 12.2 Å². The molecule has 98 valence electrons. The summed E-state index contributed by atoms with van der Waals surface area (Å²) >= 11 is 4.81. The molecule has 0 saturated carbocycles. The average Bonchev–Trinajstić information content (AvgIpc) is 2.36. The molecule has 0 aliphatic heterocycles. The number of aromatic nitrogens is 2. The van der Waals surface area contributed by atoms with Gasteiger partial charge >= 0.3 is 0 Å². The van der Waals surface area contributed by atoms with Crippen molar-refractivity contribution in [1.82, 2.24) is 15.5 Å². The minimum atomic E-state index is -0.220. The van der Waals surface area contributed by atoms with Crippen molar-refractivity contribution in [1.29, 1.82) is 0 Å². The number of nitrogens with one attached hydrogen (secondary N) is 1. The van der Waals surface area contributed by atoms with Crippen LogP contribution < -0.4 is 16.0 Å². The van der Waals surface area contributed by atoms with Crippen LogP contribution >= 0.6 is 12.2 Å². The maximum Gasteiger partial charge on any atom is 0.271 e. The molecule has 0 atom stereocenters. The molecule has 0 unspecified atom stereocenters. The molecule has 0 aromatic carbocycles. The molecule has 1 amide bonds. The number of hydrogen-bond donors (Lipinski definition) is 2. The van der Waals surface area contributed by atoms with Crippen LogP contribution in [0.1, 0.15) is 23.8 Å². The van der Waals surface area contributed by atoms with Gasteiger partial charge in [-0.2, -0.15) is 0 Å². The van der Waals surface area contributed by atoms with E-state index in [1.165, 1.54) is 0 Å². The topological polar surface area (TPSA) is 84.1 Å². The first kappa shape index (κ1) is 14.3. The molecule has 0 bridgehead atoms. The Hall–Kier alpha value is -1.76. The Morgan fingerprint density at radius 1 is 1.50 bits per heavy atom. The van der Waals surface area contributed by atoms with E-state index in [0.717, 1.165) is 0 Å². The van der Waals surface area contributed by atoms with Gasteiger partial charge in [0, 0.05) is 26.6 Å². The Balaban J connectivity index is 2.64. The molecule has 1 aromatic heterocycles. The lowest BCUT2D eigenvalue weighted by Gasteiger charge is -2.16. The first-order valence-corrected chi connectivity index (χ1v) is 6.06. The van der Waals surface area contributed by atoms with Crippen molar-refractivity contribution >= 4 is 28.9 Å². The number of amides is 1. The Labute approximate surface area is 112 Å². The van der Waals surface area contributed by atoms with Crippen molar-refractivity contribution < 1.29 is 4.79 Å². The van der Waals surface area contributed by atoms with Gasteiger partial charge < -0.3 is 16.0 Å². The van der Waals surface area contributed by atoms with E-state index in [2.05, 4.69) is 15.5 Å². The molecule has 3 N–H and O–H groups in total. The third-order valence-corrected chi connectivity index (χ3v) is 2.51. The summed E-state index contributed by atoms with van der Waals surface area (Å²) in [4.78, 5) is 13.8. The lowest BCUT2D eigenvalue weighted by atomic mass is 10.3. The van der Waals surface area contributed by atoms with E-state index in [1.807, 2.05) is 18.9 Å². The largest absolute Gasteiger partial charge is 0.393 e. The summed E-state index contributed by atoms with van der Waals surface area (Å²) in [5, 5.41) is 10.5. The molecule has 6 nitrogen and oxygen atoms in total. The van der Waals surface area contributed by atoms with Gasteiger partial charge in [0.25, 0.3) is 5.91 Å². The third-order valence-electron chi connectivity index (χ3n) is 2.31. The highest BCUT2D eigenvalue weighted by molar-refractivity contribution is 7.80. The van der Waals surface area contributed by atoms with Crippen molar-refractivity contribution in [3.8, 4) is 0 Å². The molecule has 1 heterocycles. The second-order valence-electron chi connectivity index (χ2n) is 3.77. The van der Waals surface area contributed by atoms with Crippen molar-refractivity contribution in [3.63, 3.8) is 0 Å². The second kappa shape index (κ2) is 6.85. The predicted octanol–water partition coefficient (Wildman–Crippen LogP) is 0.339. The molecule has 0 fully saturated rings. The van der Waals surface area contributed by atoms with Crippen LogP contribution in [0.15, 0.2) is 12.1 Å². The Morgan fingerprint density at radius 2 is 2.22 bits per heavy atom. The molecule has 0 aliphatic rings. The Bertz CT molecular complexity index is 420. The fraction of sp³-hybridized carbons (Fsp3) is 0.455. The summed E-state index contributed by atoms with van der Waals surface area (Å²) in [6, 6.07) is 3.39. The van der Waals surface area contributed by atoms with Gasteiger partial charge in [-0.15, -0.1) is 10.2 Å². The molecular weight excluding hydrogens is 250 g/mol. The van der Waals surface area contributed by atoms with E-state index in [0.29, 0.717) is 36.0 Å². The van der Waals surface area contributed by atoms with Crippen LogP contribution in [0, 0.1) is 0 Å². The zero-order chi connectivity index (χ0) is 13.5. The molecule has 0 saturated heterocycles. The SMILES string of the molecule is CCNC(=O)c1ccc(N(C)CCC(N)=S)nn1. The maximum atomic E-state index is 11.5. The third kappa shape index (κ3) is 4.25. The van der Waals surface area contributed by atoms with Crippen molar-refractivity contribution in [2.45, 2.75) is 13.3 Å². The molecule has 0 spiro atoms. The van der Waals surface area contributed by atoms with E-state index < -0.39 is 0 Å². The van der Waals surface area contributed by atoms with E-state index in [4.69, 9.17) is 18.0 Å². The number of anilines is 1. The van der Waals surface area contributed by atoms with Crippen LogP contribution in [-0.4, -0.2) is 41.2 Å². The smallest absolute Gasteiger partial charge is 0.271 e. The maximum absolute atomic E-state index is 11.5. The van der Waals surface area contributed by atoms with E-state index in [1.54, 1.807) is 12.1 Å². The van der Waals surface area contributed by atoms with Crippen LogP contribution in [0.5, 0.6) is 0 Å². The molecule has 0 radical (unpaired) electrons. The lowest BCUT2D eigenvalue weighted by Crippen LogP contribution is -2.26. The van der Waals surface area contributed by atoms with Gasteiger partial charge in [0.05, 0.1) is 4.99 Å². The molecule has 18 heavy (non-hydrogen) atoms. The molecule has 1 aromatic rings. The summed E-state index contributed by atoms with van der Waals surface area (Å²) in [5.41, 5.74) is 5.74. The fourth-order valence-corrected chi connectivity index (χ4v) is 1.38. The average molecular weight is 267 g/mol. The fourth-order valence-electron chi connectivity index (χ4n) is 1.29. The van der Waals surface area contributed by atoms with Crippen LogP contribution in [0.25, 0.3) is 0 Å². The quantitative estimate of drug-likeness (QED) is 0.723. The highest BCUT2D eigenvalue weighted by atomic mass is 32.1. The number of carbonyl (C=O) groups excluding carboxylic acids is 1. The standard InChI is InChI=1S/C11H17N5OS/c1-3-13-11(17)8-4-5-10(15-14-8)16(2)7-6-9(12)18/h4-5H,3,6-7H2,1-2H3,(H2,12,18)(H,13,17). The predicted molar refractivity (Wildman–Crippen MR) is 74.7 cm³/mol. The normalized spacial score (nSPS) is 9.89. The minimum absolute atomic E-state index is 0.220. The summed E-state index contributed by atoms with van der Waals surface area (Å²) in [7, 11) is 1.87. The molecule has 7 heteroatoms. The number of carbonyl (C=O) groups is 1. The number of thiocarbonyl (C=S) groups is 1. The van der Waals surface area contributed by atoms with Gasteiger partial charge in [-0.3, -0.25) is 4.79 Å². The van der Waals surface area contributed by atoms with E-state index >= 15 is 0 Å². The highest BCUT2D eigenvalue weighted by Crippen LogP contribution is 2.07. The summed E-state index contributed by atoms with van der Waals surface area (Å²) in [6.45, 7) is 3.09. The Kier molecular flexibility index (Phi) is 5.44. The van der Waals surface area contributed by atoms with Crippen LogP contribution in [0.3, 0.4) is 0 Å². The van der Waals surface area contributed by atoms with Gasteiger partial charge in [0.1, 0.15) is 0 Å². The van der Waals surface area contributed by atoms with E-state index in [-0.39, 0.29) is 5.91 Å². The van der Waals surface area contributed by atoms with Crippen LogP contribution in [0.2, 0.25) is 0 Å². The summed E-state index contributed by atoms with van der Waals surface area (Å²) in [5.74, 6) is 0.460. The first-order chi connectivity index (χ1) is 8.54. The first-order valence-electron chi connectivity index (χ1n) is 5.66. The van der Waals surface area contributed by atoms with Crippen LogP contribution in [-0.2, 0) is 0 Å². The summed E-state index contributed by atoms with van der Waals surface area (Å²) < 4.78 is 0. The lowest BCUT2D eigenvalue weighted by molar-refractivity contribution is 0.0950. The zero-order valence-corrected chi connectivity index (χ0v) is 11.3. The van der Waals surface area contributed by atoms with Crippen molar-refractivity contribution in [3.05, 3.63) is 17.8 Å². The van der Waals surface area contributed by atoms with Gasteiger partial charge in [-0.25, -0.2) is 0 Å². The zero-order valence-electron chi connectivity index (χ0n) is 10.5. The summed E-state index contributed by atoms with van der Waals surface area (Å²) in [6.07, 6.45) is 0.617. The molecule has 0 aliphatic carbocycles. The minimum Gasteiger partial charge on any atom is -0.393 e. The second-order valence-corrected chi connectivity index (χ2v) is 4.30. The van der Waals surface area contributed by atoms with Crippen LogP contribution in [0.4, 0.5) is 5.82 Å². The number of nitrogens with two attached hydrogens (primary N) is 1. The van der Waals surface area contributed by atoms with Crippen molar-refractivity contribution in [2.75, 3.05) is 25.0 Å². The van der Waals surface area contributed by atoms with Gasteiger partial charge in [0.2, 0.25) is 0 Å². The number of hydrogen-bond acceptors (Lipinski definition) is 5. The Morgan fingerprint density at radius 3 is 2.72 bits per heavy atom.